The molecule has 0 radical (unpaired) electrons. The van der Waals surface area contributed by atoms with Crippen LogP contribution in [0.2, 0.25) is 0 Å². The number of carbonyl (C=O) groups excluding carboxylic acids is 1. The van der Waals surface area contributed by atoms with Crippen molar-refractivity contribution in [3.63, 3.8) is 0 Å². The van der Waals surface area contributed by atoms with Crippen molar-refractivity contribution in [3.05, 3.63) is 102 Å². The predicted octanol–water partition coefficient (Wildman–Crippen LogP) is 5.54. The Labute approximate surface area is 279 Å². The molecule has 0 aliphatic rings. The second-order valence-corrected chi connectivity index (χ2v) is 10.6. The molecule has 1 aromatic heterocycles. The van der Waals surface area contributed by atoms with Gasteiger partial charge in [0, 0.05) is 23.5 Å². The van der Waals surface area contributed by atoms with Gasteiger partial charge in [-0.2, -0.15) is 0 Å². The fourth-order valence-corrected chi connectivity index (χ4v) is 5.21. The van der Waals surface area contributed by atoms with E-state index in [1.54, 1.807) is 48.5 Å². The Balaban J connectivity index is 0.00000506. The Hall–Kier alpha value is -3.08. The van der Waals surface area contributed by atoms with E-state index < -0.39 is 36.2 Å². The zero-order valence-corrected chi connectivity index (χ0v) is 23.4. The van der Waals surface area contributed by atoms with Gasteiger partial charge in [0.1, 0.15) is 11.6 Å². The average molecular weight is 619 g/mol. The summed E-state index contributed by atoms with van der Waals surface area (Å²) in [5.74, 6) is -2.62. The SMILES string of the molecule is CC(C)c1c(C(=O)Nc2ccccc2)c(-c2ccc(F)cc2)c(-c2ccc(F)cc2)n1CCC(O)CC(O)CC(=O)O.[CaH2]. The minimum absolute atomic E-state index is 0. The van der Waals surface area contributed by atoms with E-state index >= 15 is 0 Å². The van der Waals surface area contributed by atoms with Gasteiger partial charge in [0.2, 0.25) is 0 Å². The first-order valence-electron chi connectivity index (χ1n) is 13.8. The molecule has 0 saturated carbocycles. The zero-order valence-electron chi connectivity index (χ0n) is 23.4. The van der Waals surface area contributed by atoms with E-state index in [1.807, 2.05) is 24.5 Å². The third-order valence-corrected chi connectivity index (χ3v) is 7.00. The number of para-hydroxylation sites is 1. The summed E-state index contributed by atoms with van der Waals surface area (Å²) < 4.78 is 29.9. The second-order valence-electron chi connectivity index (χ2n) is 10.6. The van der Waals surface area contributed by atoms with Crippen molar-refractivity contribution in [1.82, 2.24) is 4.57 Å². The topological polar surface area (TPSA) is 112 Å². The molecule has 43 heavy (non-hydrogen) atoms. The summed E-state index contributed by atoms with van der Waals surface area (Å²) in [5, 5.41) is 32.7. The summed E-state index contributed by atoms with van der Waals surface area (Å²) in [6, 6.07) is 20.6. The van der Waals surface area contributed by atoms with Gasteiger partial charge >= 0.3 is 43.7 Å². The molecule has 1 heterocycles. The van der Waals surface area contributed by atoms with Crippen LogP contribution in [0.4, 0.5) is 14.5 Å². The standard InChI is InChI=1S/C33H34F2N2O5.Ca.2H/c1-20(2)31-30(33(42)36-25-6-4-3-5-7-25)29(21-8-12-23(34)13-9-21)32(22-10-14-24(35)15-11-22)37(31)17-16-26(38)18-27(39)19-28(40)41;;;/h3-15,20,26-27,38-39H,16-19H2,1-2H3,(H,36,42)(H,40,41);;;. The number of hydrogen-bond acceptors (Lipinski definition) is 4. The van der Waals surface area contributed by atoms with Crippen molar-refractivity contribution in [3.8, 4) is 22.4 Å². The molecule has 0 aliphatic carbocycles. The van der Waals surface area contributed by atoms with Gasteiger partial charge in [-0.05, 0) is 78.4 Å². The Morgan fingerprint density at radius 1 is 0.837 bits per heavy atom. The van der Waals surface area contributed by atoms with Crippen molar-refractivity contribution in [1.29, 1.82) is 0 Å². The molecule has 10 heteroatoms. The number of anilines is 1. The quantitative estimate of drug-likeness (QED) is 0.156. The van der Waals surface area contributed by atoms with E-state index in [2.05, 4.69) is 5.32 Å². The van der Waals surface area contributed by atoms with Crippen molar-refractivity contribution in [2.45, 2.75) is 57.8 Å². The molecule has 0 bridgehead atoms. The number of nitrogens with zero attached hydrogens (tertiary/aromatic N) is 1. The predicted molar refractivity (Wildman–Crippen MR) is 166 cm³/mol. The summed E-state index contributed by atoms with van der Waals surface area (Å²) >= 11 is 0. The van der Waals surface area contributed by atoms with Crippen LogP contribution in [0.5, 0.6) is 0 Å². The number of carboxylic acid groups (broad SMARTS) is 1. The molecule has 4 N–H and O–H groups in total. The molecule has 2 atom stereocenters. The van der Waals surface area contributed by atoms with E-state index in [0.29, 0.717) is 39.3 Å². The number of aliphatic hydroxyl groups excluding tert-OH is 2. The van der Waals surface area contributed by atoms with Crippen molar-refractivity contribution < 1.29 is 33.7 Å². The third kappa shape index (κ3) is 8.74. The minimum atomic E-state index is -1.22. The van der Waals surface area contributed by atoms with Crippen LogP contribution in [0, 0.1) is 11.6 Å². The monoisotopic (exact) mass is 618 g/mol. The van der Waals surface area contributed by atoms with Crippen LogP contribution < -0.4 is 5.32 Å². The molecule has 1 amide bonds. The Morgan fingerprint density at radius 2 is 1.40 bits per heavy atom. The maximum absolute atomic E-state index is 14.0. The molecular weight excluding hydrogens is 582 g/mol. The van der Waals surface area contributed by atoms with Crippen LogP contribution in [-0.2, 0) is 11.3 Å². The number of rotatable bonds is 12. The van der Waals surface area contributed by atoms with E-state index in [9.17, 15) is 28.6 Å². The van der Waals surface area contributed by atoms with Gasteiger partial charge in [-0.25, -0.2) is 8.78 Å². The van der Waals surface area contributed by atoms with Gasteiger partial charge in [0.25, 0.3) is 5.91 Å². The van der Waals surface area contributed by atoms with Crippen LogP contribution in [0.15, 0.2) is 78.9 Å². The van der Waals surface area contributed by atoms with E-state index in [0.717, 1.165) is 0 Å². The molecule has 4 rings (SSSR count). The second kappa shape index (κ2) is 15.6. The molecule has 224 valence electrons. The third-order valence-electron chi connectivity index (χ3n) is 7.00. The maximum atomic E-state index is 14.0. The summed E-state index contributed by atoms with van der Waals surface area (Å²) in [4.78, 5) is 25.0. The van der Waals surface area contributed by atoms with Gasteiger partial charge in [0.05, 0.1) is 29.9 Å². The van der Waals surface area contributed by atoms with Gasteiger partial charge < -0.3 is 25.2 Å². The molecule has 0 fully saturated rings. The first-order chi connectivity index (χ1) is 20.0. The number of carboxylic acids is 1. The normalized spacial score (nSPS) is 12.4. The molecule has 7 nitrogen and oxygen atoms in total. The Kier molecular flexibility index (Phi) is 12.5. The molecule has 0 saturated heterocycles. The number of hydrogen-bond donors (Lipinski definition) is 4. The first-order valence-corrected chi connectivity index (χ1v) is 13.8. The Morgan fingerprint density at radius 3 is 1.93 bits per heavy atom. The fourth-order valence-electron chi connectivity index (χ4n) is 5.21. The van der Waals surface area contributed by atoms with Crippen LogP contribution in [0.3, 0.4) is 0 Å². The number of carbonyl (C=O) groups is 2. The number of aliphatic hydroxyl groups is 2. The molecule has 0 spiro atoms. The van der Waals surface area contributed by atoms with Gasteiger partial charge in [0.15, 0.2) is 0 Å². The summed E-state index contributed by atoms with van der Waals surface area (Å²) in [6.07, 6.45) is -2.73. The van der Waals surface area contributed by atoms with E-state index in [-0.39, 0.29) is 68.9 Å². The van der Waals surface area contributed by atoms with Crippen molar-refractivity contribution >= 4 is 55.3 Å². The van der Waals surface area contributed by atoms with Gasteiger partial charge in [-0.3, -0.25) is 9.59 Å². The first kappa shape index (κ1) is 34.4. The zero-order chi connectivity index (χ0) is 30.4. The van der Waals surface area contributed by atoms with Crippen molar-refractivity contribution in [2.24, 2.45) is 0 Å². The molecular formula is C33H36CaF2N2O5. The van der Waals surface area contributed by atoms with E-state index in [4.69, 9.17) is 5.11 Å². The number of aromatic nitrogens is 1. The van der Waals surface area contributed by atoms with E-state index in [1.165, 1.54) is 24.3 Å². The number of benzene rings is 3. The van der Waals surface area contributed by atoms with Crippen LogP contribution in [0.25, 0.3) is 22.4 Å². The van der Waals surface area contributed by atoms with Gasteiger partial charge in [-0.15, -0.1) is 0 Å². The Bertz CT molecular complexity index is 1520. The molecule has 2 unspecified atom stereocenters. The van der Waals surface area contributed by atoms with Gasteiger partial charge in [-0.1, -0.05) is 44.2 Å². The van der Waals surface area contributed by atoms with Crippen LogP contribution >= 0.6 is 0 Å². The molecule has 3 aromatic carbocycles. The van der Waals surface area contributed by atoms with Crippen LogP contribution in [-0.4, -0.2) is 81.7 Å². The molecule has 0 aliphatic heterocycles. The fraction of sp³-hybridized carbons (Fsp3) is 0.273. The van der Waals surface area contributed by atoms with Crippen molar-refractivity contribution in [2.75, 3.05) is 5.32 Å². The number of halogens is 2. The average Bonchev–Trinajstić information content (AvgIpc) is 3.28. The number of amides is 1. The summed E-state index contributed by atoms with van der Waals surface area (Å²) in [5.41, 5.74) is 3.89. The van der Waals surface area contributed by atoms with Crippen LogP contribution in [0.1, 0.15) is 55.1 Å². The summed E-state index contributed by atoms with van der Waals surface area (Å²) in [7, 11) is 0. The summed E-state index contributed by atoms with van der Waals surface area (Å²) in [6.45, 7) is 4.07. The number of nitrogens with one attached hydrogen (secondary N) is 1. The number of aliphatic carboxylic acids is 1. The molecule has 4 aromatic rings.